The number of carbonyl (C=O) groups excluding carboxylic acids is 4. The number of amides is 2. The molecule has 1 fully saturated rings. The molecule has 1 aromatic rings. The maximum Gasteiger partial charge on any atom is 1.00 e. The van der Waals surface area contributed by atoms with E-state index in [2.05, 4.69) is 10.6 Å². The van der Waals surface area contributed by atoms with Gasteiger partial charge in [0.05, 0.1) is 8.78 Å². The summed E-state index contributed by atoms with van der Waals surface area (Å²) in [6.07, 6.45) is 0.205. The summed E-state index contributed by atoms with van der Waals surface area (Å²) >= 11 is 0. The van der Waals surface area contributed by atoms with Crippen LogP contribution in [0.1, 0.15) is 80.4 Å². The van der Waals surface area contributed by atoms with Crippen LogP contribution in [0.3, 0.4) is 0 Å². The smallest absolute Gasteiger partial charge is 0.745 e. The number of hydrogen-bond donors (Lipinski definition) is 2. The molecule has 1 unspecified atom stereocenters. The van der Waals surface area contributed by atoms with Crippen LogP contribution >= 0.6 is 0 Å². The normalized spacial score (nSPS) is 18.2. The molecule has 0 aromatic heterocycles. The summed E-state index contributed by atoms with van der Waals surface area (Å²) < 4.78 is 63.3. The topological polar surface area (TPSA) is 168 Å². The van der Waals surface area contributed by atoms with Gasteiger partial charge in [-0.05, 0) is 37.2 Å². The van der Waals surface area contributed by atoms with Gasteiger partial charge in [-0.25, -0.2) is 13.2 Å². The van der Waals surface area contributed by atoms with Crippen molar-refractivity contribution in [1.82, 2.24) is 10.6 Å². The van der Waals surface area contributed by atoms with Crippen LogP contribution in [0.2, 0.25) is 0 Å². The predicted molar refractivity (Wildman–Crippen MR) is 146 cm³/mol. The van der Waals surface area contributed by atoms with Crippen molar-refractivity contribution < 1.29 is 73.9 Å². The molecule has 0 saturated carbocycles. The van der Waals surface area contributed by atoms with Crippen molar-refractivity contribution in [3.8, 4) is 0 Å². The molecular weight excluding hydrogens is 563 g/mol. The number of rotatable bonds is 17. The maximum atomic E-state index is 13.5. The van der Waals surface area contributed by atoms with Gasteiger partial charge >= 0.3 is 41.6 Å². The van der Waals surface area contributed by atoms with Crippen LogP contribution in [0.15, 0.2) is 30.3 Å². The zero-order valence-electron chi connectivity index (χ0n) is 26.2. The Kier molecular flexibility index (Phi) is 15.1. The van der Waals surface area contributed by atoms with Crippen molar-refractivity contribution in [2.45, 2.75) is 90.2 Å². The molecule has 1 aromatic carbocycles. The van der Waals surface area contributed by atoms with E-state index in [1.165, 1.54) is 12.1 Å². The predicted octanol–water partition coefficient (Wildman–Crippen LogP) is 0.428. The van der Waals surface area contributed by atoms with Gasteiger partial charge in [0.25, 0.3) is 0 Å². The molecule has 2 rings (SSSR count). The molecule has 2 N–H and O–H groups in total. The van der Waals surface area contributed by atoms with Crippen LogP contribution in [-0.2, 0) is 40.5 Å². The van der Waals surface area contributed by atoms with Crippen LogP contribution in [0.4, 0.5) is 4.79 Å². The molecule has 1 aliphatic heterocycles. The average molecular weight is 607 g/mol. The zero-order valence-corrected chi connectivity index (χ0v) is 27.0. The number of ketones is 1. The van der Waals surface area contributed by atoms with Crippen molar-refractivity contribution >= 4 is 33.9 Å². The number of esters is 1. The van der Waals surface area contributed by atoms with E-state index in [1.807, 2.05) is 6.92 Å². The molecule has 1 heterocycles. The van der Waals surface area contributed by atoms with E-state index in [0.29, 0.717) is 25.8 Å². The van der Waals surface area contributed by atoms with E-state index in [1.54, 1.807) is 32.0 Å². The minimum atomic E-state index is -5.26. The first-order chi connectivity index (χ1) is 19.6. The fourth-order valence-corrected chi connectivity index (χ4v) is 5.45. The molecule has 13 heteroatoms. The Hall–Kier alpha value is -1.99. The molecule has 0 aliphatic carbocycles. The van der Waals surface area contributed by atoms with E-state index in [-0.39, 0.29) is 66.2 Å². The van der Waals surface area contributed by atoms with Crippen molar-refractivity contribution in [3.63, 3.8) is 0 Å². The van der Waals surface area contributed by atoms with Gasteiger partial charge in [-0.3, -0.25) is 14.4 Å². The Morgan fingerprint density at radius 3 is 2.44 bits per heavy atom. The third-order valence-corrected chi connectivity index (χ3v) is 7.59. The van der Waals surface area contributed by atoms with Crippen molar-refractivity contribution in [2.75, 3.05) is 6.54 Å². The molecule has 11 nitrogen and oxygen atoms in total. The molecule has 4 atom stereocenters. The third-order valence-electron chi connectivity index (χ3n) is 6.54. The largest absolute Gasteiger partial charge is 1.00 e. The van der Waals surface area contributed by atoms with Crippen LogP contribution in [0, 0.1) is 17.8 Å². The number of ether oxygens (including phenoxy) is 2. The number of unbranched alkanes of at least 4 members (excludes halogenated alkanes) is 2. The average Bonchev–Trinajstić information content (AvgIpc) is 3.30. The van der Waals surface area contributed by atoms with Crippen molar-refractivity contribution in [3.05, 3.63) is 35.9 Å². The summed E-state index contributed by atoms with van der Waals surface area (Å²) in [7, 11) is -5.26. The first-order valence-corrected chi connectivity index (χ1v) is 15.1. The van der Waals surface area contributed by atoms with Crippen molar-refractivity contribution in [1.29, 1.82) is 0 Å². The van der Waals surface area contributed by atoms with Crippen LogP contribution < -0.4 is 40.2 Å². The number of carbonyl (C=O) groups is 4. The van der Waals surface area contributed by atoms with E-state index >= 15 is 0 Å². The summed E-state index contributed by atoms with van der Waals surface area (Å²) in [5, 5.41) is 4.99. The number of Topliss-reactive ketones (excluding diaryl/α,β-unsaturated/α-hetero) is 1. The van der Waals surface area contributed by atoms with Gasteiger partial charge < -0.3 is 24.7 Å². The van der Waals surface area contributed by atoms with Gasteiger partial charge in [0.2, 0.25) is 5.91 Å². The number of benzene rings is 1. The second kappa shape index (κ2) is 18.5. The Bertz CT molecular complexity index is 1190. The summed E-state index contributed by atoms with van der Waals surface area (Å²) in [6.45, 7) is 3.29. The second-order valence-corrected chi connectivity index (χ2v) is 11.9. The summed E-state index contributed by atoms with van der Waals surface area (Å²) in [5.74, 6) is -4.14. The molecule has 1 aliphatic rings. The van der Waals surface area contributed by atoms with E-state index < -0.39 is 64.3 Å². The molecular formula is C28H41N2NaO9S. The molecule has 0 spiro atoms. The van der Waals surface area contributed by atoms with E-state index in [9.17, 15) is 32.1 Å². The van der Waals surface area contributed by atoms with E-state index in [4.69, 9.17) is 12.2 Å². The van der Waals surface area contributed by atoms with Gasteiger partial charge in [0.1, 0.15) is 16.7 Å². The van der Waals surface area contributed by atoms with Crippen LogP contribution in [-0.4, -0.2) is 54.7 Å². The number of hydrogen-bond acceptors (Lipinski definition) is 9. The Balaban J connectivity index is 0.00000924. The second-order valence-electron chi connectivity index (χ2n) is 10.4. The van der Waals surface area contributed by atoms with Gasteiger partial charge in [0.15, 0.2) is 11.2 Å². The fraction of sp³-hybridized carbons (Fsp3) is 0.643. The molecule has 41 heavy (non-hydrogen) atoms. The summed E-state index contributed by atoms with van der Waals surface area (Å²) in [4.78, 5) is 51.0. The minimum absolute atomic E-state index is 0. The molecule has 2 amide bonds. The van der Waals surface area contributed by atoms with E-state index in [0.717, 1.165) is 6.42 Å². The molecule has 224 valence electrons. The first kappa shape index (κ1) is 33.5. The third kappa shape index (κ3) is 13.7. The first-order valence-electron chi connectivity index (χ1n) is 14.6. The molecule has 1 saturated heterocycles. The number of nitrogens with one attached hydrogen (secondary N) is 2. The SMILES string of the molecule is [2H]C([2H])(OC(=O)N[C@@H](CC(C)C)C(=O)C[C@@H](C[C@@H]1CCNC1=O)C(OC(=O)CCCCC)S(=O)(=O)[O-])c1ccccc1.[Na+]. The zero-order chi connectivity index (χ0) is 31.5. The maximum absolute atomic E-state index is 13.5. The quantitative estimate of drug-likeness (QED) is 0.111. The molecule has 0 bridgehead atoms. The minimum Gasteiger partial charge on any atom is -0.745 e. The van der Waals surface area contributed by atoms with Gasteiger partial charge in [-0.1, -0.05) is 63.9 Å². The van der Waals surface area contributed by atoms with Crippen molar-refractivity contribution in [2.24, 2.45) is 17.8 Å². The van der Waals surface area contributed by atoms with Gasteiger partial charge in [-0.15, -0.1) is 0 Å². The Morgan fingerprint density at radius 2 is 1.88 bits per heavy atom. The summed E-state index contributed by atoms with van der Waals surface area (Å²) in [5.41, 5.74) is -2.13. The monoisotopic (exact) mass is 606 g/mol. The number of alkyl carbamates (subject to hydrolysis) is 1. The van der Waals surface area contributed by atoms with Crippen LogP contribution in [0.25, 0.3) is 0 Å². The Labute approximate surface area is 267 Å². The van der Waals surface area contributed by atoms with Gasteiger partial charge in [-0.2, -0.15) is 0 Å². The molecule has 0 radical (unpaired) electrons. The summed E-state index contributed by atoms with van der Waals surface area (Å²) in [6, 6.07) is 6.43. The fourth-order valence-electron chi connectivity index (χ4n) is 4.55. The standard InChI is InChI=1S/C28H42N2O9S.Na/c1-4-5-7-12-25(32)39-27(40(35,36)37)22(16-21-13-14-29-26(21)33)17-24(31)23(15-19(2)3)30-28(34)38-18-20-10-8-6-9-11-20;/h6,8-11,19,21-23,27H,4-5,7,12-18H2,1-3H3,(H,29,33)(H,30,34)(H,35,36,37);/q;+1/p-1/t21-,22+,23-,27?;/m0./s1/i18D2;. The Morgan fingerprint density at radius 1 is 1.20 bits per heavy atom. The van der Waals surface area contributed by atoms with Crippen LogP contribution in [0.5, 0.6) is 0 Å². The van der Waals surface area contributed by atoms with Gasteiger partial charge in [0, 0.05) is 31.2 Å².